The van der Waals surface area contributed by atoms with Gasteiger partial charge in [-0.15, -0.1) is 11.3 Å². The summed E-state index contributed by atoms with van der Waals surface area (Å²) in [6, 6.07) is 17.4. The molecule has 0 bridgehead atoms. The van der Waals surface area contributed by atoms with E-state index in [1.165, 1.54) is 0 Å². The average molecular weight is 341 g/mol. The van der Waals surface area contributed by atoms with E-state index >= 15 is 0 Å². The van der Waals surface area contributed by atoms with Gasteiger partial charge in [-0.25, -0.2) is 4.98 Å². The molecule has 0 saturated carbocycles. The van der Waals surface area contributed by atoms with Crippen LogP contribution in [0.4, 0.5) is 0 Å². The zero-order valence-electron chi connectivity index (χ0n) is 12.3. The second-order valence-electron chi connectivity index (χ2n) is 5.05. The highest BCUT2D eigenvalue weighted by Gasteiger charge is 2.20. The first-order valence-corrected chi connectivity index (χ1v) is 8.86. The predicted molar refractivity (Wildman–Crippen MR) is 93.2 cm³/mol. The van der Waals surface area contributed by atoms with Gasteiger partial charge in [-0.2, -0.15) is 0 Å². The molecule has 1 N–H and O–H groups in total. The fourth-order valence-electron chi connectivity index (χ4n) is 2.33. The quantitative estimate of drug-likeness (QED) is 0.706. The molecule has 116 valence electrons. The number of rotatable bonds is 6. The van der Waals surface area contributed by atoms with Crippen molar-refractivity contribution in [3.05, 3.63) is 77.3 Å². The summed E-state index contributed by atoms with van der Waals surface area (Å²) in [5, 5.41) is 11.5. The molecule has 1 aromatic heterocycles. The molecule has 5 heteroatoms. The summed E-state index contributed by atoms with van der Waals surface area (Å²) in [6.07, 6.45) is 2.27. The Morgan fingerprint density at radius 3 is 2.48 bits per heavy atom. The number of carboxylic acids is 1. The van der Waals surface area contributed by atoms with Crippen molar-refractivity contribution >= 4 is 29.1 Å². The Balaban J connectivity index is 1.76. The van der Waals surface area contributed by atoms with Gasteiger partial charge >= 0.3 is 5.97 Å². The summed E-state index contributed by atoms with van der Waals surface area (Å²) < 4.78 is 0.983. The fraction of sp³-hybridized carbons (Fsp3) is 0.111. The number of nitrogens with zero attached hydrogens (tertiary/aromatic N) is 1. The number of hydrogen-bond acceptors (Lipinski definition) is 4. The molecule has 2 aromatic carbocycles. The monoisotopic (exact) mass is 341 g/mol. The lowest BCUT2D eigenvalue weighted by molar-refractivity contribution is -0.138. The van der Waals surface area contributed by atoms with Crippen molar-refractivity contribution in [1.82, 2.24) is 4.98 Å². The molecule has 23 heavy (non-hydrogen) atoms. The number of aromatic nitrogens is 1. The maximum absolute atomic E-state index is 11.6. The van der Waals surface area contributed by atoms with Crippen LogP contribution in [-0.4, -0.2) is 16.1 Å². The van der Waals surface area contributed by atoms with Crippen LogP contribution in [0.1, 0.15) is 17.0 Å². The summed E-state index contributed by atoms with van der Waals surface area (Å²) in [5.74, 6) is -1.33. The molecule has 0 fully saturated rings. The van der Waals surface area contributed by atoms with Crippen LogP contribution in [0.3, 0.4) is 0 Å². The van der Waals surface area contributed by atoms with E-state index in [0.29, 0.717) is 6.42 Å². The van der Waals surface area contributed by atoms with Gasteiger partial charge in [0.1, 0.15) is 0 Å². The predicted octanol–water partition coefficient (Wildman–Crippen LogP) is 4.71. The molecule has 0 amide bonds. The standard InChI is InChI=1S/C18H15NO2S2/c20-17(21)16(12-13-4-2-1-3-5-13)14-6-8-15(9-7-14)23-18-19-10-11-22-18/h1-11,16H,12H2,(H,20,21). The van der Waals surface area contributed by atoms with Crippen LogP contribution < -0.4 is 0 Å². The Morgan fingerprint density at radius 1 is 1.13 bits per heavy atom. The molecule has 0 saturated heterocycles. The van der Waals surface area contributed by atoms with Gasteiger partial charge in [-0.1, -0.05) is 54.2 Å². The Morgan fingerprint density at radius 2 is 1.87 bits per heavy atom. The van der Waals surface area contributed by atoms with E-state index in [0.717, 1.165) is 20.4 Å². The van der Waals surface area contributed by atoms with E-state index in [9.17, 15) is 9.90 Å². The minimum Gasteiger partial charge on any atom is -0.481 e. The first-order chi connectivity index (χ1) is 11.2. The van der Waals surface area contributed by atoms with Gasteiger partial charge in [-0.05, 0) is 29.7 Å². The van der Waals surface area contributed by atoms with Crippen LogP contribution in [-0.2, 0) is 11.2 Å². The lowest BCUT2D eigenvalue weighted by Crippen LogP contribution is -2.14. The van der Waals surface area contributed by atoms with Gasteiger partial charge < -0.3 is 5.11 Å². The molecule has 1 heterocycles. The summed E-state index contributed by atoms with van der Waals surface area (Å²) in [6.45, 7) is 0. The van der Waals surface area contributed by atoms with Gasteiger partial charge in [0.15, 0.2) is 4.34 Å². The Kier molecular flexibility index (Phi) is 5.10. The highest BCUT2D eigenvalue weighted by atomic mass is 32.2. The third-order valence-corrected chi connectivity index (χ3v) is 5.37. The molecular formula is C18H15NO2S2. The van der Waals surface area contributed by atoms with Crippen molar-refractivity contribution in [2.75, 3.05) is 0 Å². The van der Waals surface area contributed by atoms with Gasteiger partial charge in [0.25, 0.3) is 0 Å². The van der Waals surface area contributed by atoms with Crippen LogP contribution >= 0.6 is 23.1 Å². The highest BCUT2D eigenvalue weighted by Crippen LogP contribution is 2.30. The van der Waals surface area contributed by atoms with E-state index < -0.39 is 11.9 Å². The van der Waals surface area contributed by atoms with Crippen LogP contribution in [0.15, 0.2) is 75.4 Å². The summed E-state index contributed by atoms with van der Waals surface area (Å²) >= 11 is 3.18. The number of thiazole rings is 1. The second-order valence-corrected chi connectivity index (χ2v) is 7.26. The second kappa shape index (κ2) is 7.44. The van der Waals surface area contributed by atoms with Crippen LogP contribution in [0.2, 0.25) is 0 Å². The Bertz CT molecular complexity index is 755. The largest absolute Gasteiger partial charge is 0.481 e. The van der Waals surface area contributed by atoms with Crippen LogP contribution in [0, 0.1) is 0 Å². The van der Waals surface area contributed by atoms with E-state index in [4.69, 9.17) is 0 Å². The van der Waals surface area contributed by atoms with E-state index in [2.05, 4.69) is 4.98 Å². The Labute approximate surface area is 143 Å². The number of aliphatic carboxylic acids is 1. The highest BCUT2D eigenvalue weighted by molar-refractivity contribution is 8.01. The first kappa shape index (κ1) is 15.8. The topological polar surface area (TPSA) is 50.2 Å². The minimum atomic E-state index is -0.797. The van der Waals surface area contributed by atoms with Crippen molar-refractivity contribution in [3.8, 4) is 0 Å². The van der Waals surface area contributed by atoms with Gasteiger partial charge in [0, 0.05) is 16.5 Å². The number of carbonyl (C=O) groups is 1. The number of benzene rings is 2. The fourth-order valence-corrected chi connectivity index (χ4v) is 3.92. The lowest BCUT2D eigenvalue weighted by atomic mass is 9.92. The maximum atomic E-state index is 11.6. The summed E-state index contributed by atoms with van der Waals surface area (Å²) in [7, 11) is 0. The minimum absolute atomic E-state index is 0.495. The van der Waals surface area contributed by atoms with Crippen molar-refractivity contribution in [2.45, 2.75) is 21.6 Å². The molecular weight excluding hydrogens is 326 g/mol. The number of hydrogen-bond donors (Lipinski definition) is 1. The first-order valence-electron chi connectivity index (χ1n) is 7.16. The smallest absolute Gasteiger partial charge is 0.311 e. The third kappa shape index (κ3) is 4.21. The molecule has 0 aliphatic carbocycles. The van der Waals surface area contributed by atoms with Crippen molar-refractivity contribution in [1.29, 1.82) is 0 Å². The maximum Gasteiger partial charge on any atom is 0.311 e. The van der Waals surface area contributed by atoms with Gasteiger partial charge in [0.2, 0.25) is 0 Å². The average Bonchev–Trinajstić information content (AvgIpc) is 3.07. The molecule has 1 atom stereocenters. The normalized spacial score (nSPS) is 12.0. The van der Waals surface area contributed by atoms with E-state index in [1.54, 1.807) is 29.3 Å². The van der Waals surface area contributed by atoms with Gasteiger partial charge in [-0.3, -0.25) is 4.79 Å². The molecule has 0 aliphatic rings. The molecule has 0 aliphatic heterocycles. The van der Waals surface area contributed by atoms with Crippen molar-refractivity contribution < 1.29 is 9.90 Å². The summed E-state index contributed by atoms with van der Waals surface area (Å²) in [4.78, 5) is 16.9. The Hall–Kier alpha value is -2.11. The van der Waals surface area contributed by atoms with E-state index in [1.807, 2.05) is 60.0 Å². The molecule has 3 aromatic rings. The van der Waals surface area contributed by atoms with Crippen molar-refractivity contribution in [2.24, 2.45) is 0 Å². The third-order valence-electron chi connectivity index (χ3n) is 3.48. The molecule has 0 radical (unpaired) electrons. The number of carboxylic acid groups (broad SMARTS) is 1. The molecule has 3 rings (SSSR count). The van der Waals surface area contributed by atoms with E-state index in [-0.39, 0.29) is 0 Å². The summed E-state index contributed by atoms with van der Waals surface area (Å²) in [5.41, 5.74) is 1.85. The van der Waals surface area contributed by atoms with Crippen molar-refractivity contribution in [3.63, 3.8) is 0 Å². The SMILES string of the molecule is O=C(O)C(Cc1ccccc1)c1ccc(Sc2nccs2)cc1. The molecule has 3 nitrogen and oxygen atoms in total. The van der Waals surface area contributed by atoms with Crippen LogP contribution in [0.5, 0.6) is 0 Å². The molecule has 1 unspecified atom stereocenters. The van der Waals surface area contributed by atoms with Gasteiger partial charge in [0.05, 0.1) is 5.92 Å². The van der Waals surface area contributed by atoms with Crippen LogP contribution in [0.25, 0.3) is 0 Å². The molecule has 0 spiro atoms. The lowest BCUT2D eigenvalue weighted by Gasteiger charge is -2.13. The zero-order valence-corrected chi connectivity index (χ0v) is 13.9. The zero-order chi connectivity index (χ0) is 16.1.